The van der Waals surface area contributed by atoms with Gasteiger partial charge >= 0.3 is 0 Å². The van der Waals surface area contributed by atoms with Crippen molar-refractivity contribution in [3.8, 4) is 11.3 Å². The van der Waals surface area contributed by atoms with Crippen LogP contribution in [0.4, 0.5) is 5.69 Å². The van der Waals surface area contributed by atoms with Crippen LogP contribution in [-0.2, 0) is 0 Å². The molecule has 0 spiro atoms. The van der Waals surface area contributed by atoms with Gasteiger partial charge in [-0.15, -0.1) is 0 Å². The molecule has 3 heteroatoms. The predicted octanol–water partition coefficient (Wildman–Crippen LogP) is 2.92. The molecule has 3 nitrogen and oxygen atoms in total. The van der Waals surface area contributed by atoms with Crippen molar-refractivity contribution in [2.45, 2.75) is 18.9 Å². The third-order valence-corrected chi connectivity index (χ3v) is 2.53. The molecule has 1 aliphatic rings. The maximum atomic E-state index is 5.26. The Balaban J connectivity index is 1.88. The van der Waals surface area contributed by atoms with E-state index in [1.54, 1.807) is 6.20 Å². The van der Waals surface area contributed by atoms with Gasteiger partial charge in [0.2, 0.25) is 0 Å². The van der Waals surface area contributed by atoms with Gasteiger partial charge in [-0.2, -0.15) is 0 Å². The van der Waals surface area contributed by atoms with Gasteiger partial charge in [-0.3, -0.25) is 0 Å². The number of rotatable bonds is 3. The minimum atomic E-state index is 0.676. The monoisotopic (exact) mass is 200 g/mol. The van der Waals surface area contributed by atoms with Crippen molar-refractivity contribution in [1.82, 2.24) is 4.98 Å². The zero-order chi connectivity index (χ0) is 10.1. The summed E-state index contributed by atoms with van der Waals surface area (Å²) in [7, 11) is 0. The number of hydrogen-bond acceptors (Lipinski definition) is 3. The summed E-state index contributed by atoms with van der Waals surface area (Å²) in [6, 6.07) is 8.91. The zero-order valence-electron chi connectivity index (χ0n) is 8.31. The highest BCUT2D eigenvalue weighted by Gasteiger charge is 2.20. The summed E-state index contributed by atoms with van der Waals surface area (Å²) in [5, 5.41) is 3.46. The highest BCUT2D eigenvalue weighted by Crippen LogP contribution is 2.27. The Kier molecular flexibility index (Phi) is 1.95. The van der Waals surface area contributed by atoms with Gasteiger partial charge in [-0.1, -0.05) is 12.1 Å². The Labute approximate surface area is 88.1 Å². The average molecular weight is 200 g/mol. The summed E-state index contributed by atoms with van der Waals surface area (Å²) in [4.78, 5) is 3.91. The zero-order valence-corrected chi connectivity index (χ0v) is 8.31. The molecular formula is C12H12N2O. The van der Waals surface area contributed by atoms with Crippen LogP contribution < -0.4 is 5.32 Å². The molecule has 1 N–H and O–H groups in total. The van der Waals surface area contributed by atoms with Gasteiger partial charge in [-0.25, -0.2) is 4.98 Å². The Hall–Kier alpha value is -1.77. The van der Waals surface area contributed by atoms with Crippen LogP contribution in [-0.4, -0.2) is 11.0 Å². The highest BCUT2D eigenvalue weighted by molar-refractivity contribution is 5.63. The van der Waals surface area contributed by atoms with Crippen LogP contribution in [0.3, 0.4) is 0 Å². The predicted molar refractivity (Wildman–Crippen MR) is 58.6 cm³/mol. The molecule has 0 atom stereocenters. The van der Waals surface area contributed by atoms with E-state index in [0.717, 1.165) is 17.0 Å². The number of oxazole rings is 1. The molecule has 76 valence electrons. The second kappa shape index (κ2) is 3.42. The fourth-order valence-corrected chi connectivity index (χ4v) is 1.58. The molecule has 0 radical (unpaired) electrons. The lowest BCUT2D eigenvalue weighted by atomic mass is 10.1. The van der Waals surface area contributed by atoms with Crippen LogP contribution in [0.1, 0.15) is 12.8 Å². The Morgan fingerprint density at radius 1 is 1.33 bits per heavy atom. The second-order valence-corrected chi connectivity index (χ2v) is 3.87. The lowest BCUT2D eigenvalue weighted by Gasteiger charge is -2.05. The van der Waals surface area contributed by atoms with E-state index < -0.39 is 0 Å². The van der Waals surface area contributed by atoms with Gasteiger partial charge < -0.3 is 9.73 Å². The normalized spacial score (nSPS) is 15.2. The van der Waals surface area contributed by atoms with Gasteiger partial charge in [0.1, 0.15) is 0 Å². The molecule has 1 aromatic carbocycles. The molecule has 0 saturated heterocycles. The molecule has 0 amide bonds. The number of hydrogen-bond donors (Lipinski definition) is 1. The summed E-state index contributed by atoms with van der Waals surface area (Å²) in [6.07, 6.45) is 5.76. The Morgan fingerprint density at radius 3 is 3.00 bits per heavy atom. The first-order valence-electron chi connectivity index (χ1n) is 5.17. The lowest BCUT2D eigenvalue weighted by molar-refractivity contribution is 0.572. The fraction of sp³-hybridized carbons (Fsp3) is 0.250. The van der Waals surface area contributed by atoms with Crippen molar-refractivity contribution in [3.05, 3.63) is 36.9 Å². The van der Waals surface area contributed by atoms with Crippen molar-refractivity contribution in [3.63, 3.8) is 0 Å². The largest absolute Gasteiger partial charge is 0.444 e. The van der Waals surface area contributed by atoms with Crippen LogP contribution in [0.2, 0.25) is 0 Å². The van der Waals surface area contributed by atoms with E-state index in [1.807, 2.05) is 12.1 Å². The van der Waals surface area contributed by atoms with Crippen molar-refractivity contribution >= 4 is 5.69 Å². The van der Waals surface area contributed by atoms with Gasteiger partial charge in [0.05, 0.1) is 6.20 Å². The van der Waals surface area contributed by atoms with Gasteiger partial charge in [0.15, 0.2) is 12.2 Å². The third kappa shape index (κ3) is 1.86. The summed E-state index contributed by atoms with van der Waals surface area (Å²) in [6.45, 7) is 0. The number of aromatic nitrogens is 1. The highest BCUT2D eigenvalue weighted by atomic mass is 16.3. The van der Waals surface area contributed by atoms with E-state index >= 15 is 0 Å². The Bertz CT molecular complexity index is 446. The van der Waals surface area contributed by atoms with E-state index in [4.69, 9.17) is 4.42 Å². The summed E-state index contributed by atoms with van der Waals surface area (Å²) >= 11 is 0. The third-order valence-electron chi connectivity index (χ3n) is 2.53. The first kappa shape index (κ1) is 8.53. The first-order chi connectivity index (χ1) is 7.42. The summed E-state index contributed by atoms with van der Waals surface area (Å²) in [5.41, 5.74) is 2.23. The van der Waals surface area contributed by atoms with Crippen LogP contribution in [0, 0.1) is 0 Å². The number of benzene rings is 1. The molecule has 0 bridgehead atoms. The molecule has 0 unspecified atom stereocenters. The van der Waals surface area contributed by atoms with E-state index in [9.17, 15) is 0 Å². The molecule has 15 heavy (non-hydrogen) atoms. The van der Waals surface area contributed by atoms with Gasteiger partial charge in [0.25, 0.3) is 0 Å². The molecule has 1 fully saturated rings. The minimum absolute atomic E-state index is 0.676. The summed E-state index contributed by atoms with van der Waals surface area (Å²) in [5.74, 6) is 0.814. The van der Waals surface area contributed by atoms with E-state index in [-0.39, 0.29) is 0 Å². The SMILES string of the molecule is c1cc(NC2CC2)cc(-c2cnco2)c1. The molecule has 1 aromatic heterocycles. The molecule has 1 aliphatic carbocycles. The van der Waals surface area contributed by atoms with E-state index in [2.05, 4.69) is 22.4 Å². The first-order valence-corrected chi connectivity index (χ1v) is 5.17. The van der Waals surface area contributed by atoms with E-state index in [1.165, 1.54) is 19.2 Å². The van der Waals surface area contributed by atoms with Crippen molar-refractivity contribution < 1.29 is 4.42 Å². The van der Waals surface area contributed by atoms with Crippen LogP contribution >= 0.6 is 0 Å². The number of nitrogens with zero attached hydrogens (tertiary/aromatic N) is 1. The average Bonchev–Trinajstić information content (AvgIpc) is 2.91. The maximum absolute atomic E-state index is 5.26. The van der Waals surface area contributed by atoms with Crippen molar-refractivity contribution in [2.75, 3.05) is 5.32 Å². The van der Waals surface area contributed by atoms with Crippen LogP contribution in [0.15, 0.2) is 41.3 Å². The molecular weight excluding hydrogens is 188 g/mol. The second-order valence-electron chi connectivity index (χ2n) is 3.87. The maximum Gasteiger partial charge on any atom is 0.181 e. The van der Waals surface area contributed by atoms with Crippen LogP contribution in [0.25, 0.3) is 11.3 Å². The quantitative estimate of drug-likeness (QED) is 0.827. The van der Waals surface area contributed by atoms with Crippen LogP contribution in [0.5, 0.6) is 0 Å². The molecule has 1 heterocycles. The molecule has 3 rings (SSSR count). The number of anilines is 1. The lowest BCUT2D eigenvalue weighted by Crippen LogP contribution is -2.00. The molecule has 0 aliphatic heterocycles. The number of nitrogens with one attached hydrogen (secondary N) is 1. The van der Waals surface area contributed by atoms with Crippen molar-refractivity contribution in [1.29, 1.82) is 0 Å². The molecule has 1 saturated carbocycles. The summed E-state index contributed by atoms with van der Waals surface area (Å²) < 4.78 is 5.26. The van der Waals surface area contributed by atoms with Gasteiger partial charge in [-0.05, 0) is 25.0 Å². The topological polar surface area (TPSA) is 38.1 Å². The molecule has 2 aromatic rings. The fourth-order valence-electron chi connectivity index (χ4n) is 1.58. The van der Waals surface area contributed by atoms with Gasteiger partial charge in [0, 0.05) is 17.3 Å². The smallest absolute Gasteiger partial charge is 0.181 e. The standard InChI is InChI=1S/C12H12N2O/c1-2-9(12-7-13-8-15-12)6-11(3-1)14-10-4-5-10/h1-3,6-8,10,14H,4-5H2. The Morgan fingerprint density at radius 2 is 2.27 bits per heavy atom. The van der Waals surface area contributed by atoms with Crippen molar-refractivity contribution in [2.24, 2.45) is 0 Å². The minimum Gasteiger partial charge on any atom is -0.444 e. The van der Waals surface area contributed by atoms with E-state index in [0.29, 0.717) is 6.04 Å².